The van der Waals surface area contributed by atoms with Gasteiger partial charge in [-0.25, -0.2) is 4.39 Å². The number of aromatic nitrogens is 4. The normalized spacial score (nSPS) is 10.8. The molecule has 0 aliphatic rings. The molecule has 0 unspecified atom stereocenters. The highest BCUT2D eigenvalue weighted by Gasteiger charge is 2.10. The molecule has 0 atom stereocenters. The number of benzene rings is 2. The molecule has 0 spiro atoms. The number of hydrogen-bond donors (Lipinski definition) is 2. The van der Waals surface area contributed by atoms with Gasteiger partial charge in [0, 0.05) is 23.0 Å². The van der Waals surface area contributed by atoms with Crippen LogP contribution in [0.4, 0.5) is 15.8 Å². The molecule has 4 aromatic rings. The van der Waals surface area contributed by atoms with Crippen molar-refractivity contribution < 1.29 is 4.39 Å². The molecule has 0 radical (unpaired) electrons. The van der Waals surface area contributed by atoms with Crippen molar-refractivity contribution in [3.05, 3.63) is 94.8 Å². The average molecular weight is 455 g/mol. The minimum atomic E-state index is -0.364. The van der Waals surface area contributed by atoms with E-state index < -0.39 is 0 Å². The molecule has 31 heavy (non-hydrogen) atoms. The van der Waals surface area contributed by atoms with Crippen molar-refractivity contribution in [2.24, 2.45) is 0 Å². The standard InChI is InChI=1S/C22H20ClFN6S/c1-15-5-2-3-6-16(15)11-29-12-17(9-25-29)27-22(31)28-18-10-26-30(13-18)14-19-20(23)7-4-8-21(19)24/h2-10,12-13H,11,14H2,1H3,(H2,27,28,31). The number of thiocarbonyl (C=S) groups is 1. The van der Waals surface area contributed by atoms with Crippen LogP contribution in [0.25, 0.3) is 0 Å². The number of rotatable bonds is 6. The molecule has 0 aliphatic carbocycles. The first-order chi connectivity index (χ1) is 15.0. The van der Waals surface area contributed by atoms with Crippen molar-refractivity contribution in [3.63, 3.8) is 0 Å². The van der Waals surface area contributed by atoms with Crippen LogP contribution in [0.2, 0.25) is 5.02 Å². The summed E-state index contributed by atoms with van der Waals surface area (Å²) >= 11 is 11.5. The summed E-state index contributed by atoms with van der Waals surface area (Å²) in [6, 6.07) is 12.8. The monoisotopic (exact) mass is 454 g/mol. The number of hydrogen-bond acceptors (Lipinski definition) is 3. The van der Waals surface area contributed by atoms with Crippen molar-refractivity contribution in [1.29, 1.82) is 0 Å². The summed E-state index contributed by atoms with van der Waals surface area (Å²) in [6.45, 7) is 2.98. The molecule has 2 aromatic heterocycles. The number of nitrogens with one attached hydrogen (secondary N) is 2. The van der Waals surface area contributed by atoms with Gasteiger partial charge in [-0.05, 0) is 42.4 Å². The molecule has 2 N–H and O–H groups in total. The number of nitrogens with zero attached hydrogens (tertiary/aromatic N) is 4. The van der Waals surface area contributed by atoms with E-state index in [1.165, 1.54) is 17.2 Å². The maximum absolute atomic E-state index is 14.0. The first-order valence-electron chi connectivity index (χ1n) is 9.58. The van der Waals surface area contributed by atoms with Crippen molar-refractivity contribution in [1.82, 2.24) is 19.6 Å². The molecule has 0 amide bonds. The van der Waals surface area contributed by atoms with Gasteiger partial charge in [0.05, 0.1) is 36.9 Å². The summed E-state index contributed by atoms with van der Waals surface area (Å²) in [7, 11) is 0. The molecule has 0 aliphatic heterocycles. The molecule has 0 saturated carbocycles. The third-order valence-corrected chi connectivity index (χ3v) is 5.32. The fourth-order valence-electron chi connectivity index (χ4n) is 3.13. The summed E-state index contributed by atoms with van der Waals surface area (Å²) in [6.07, 6.45) is 6.96. The molecule has 2 heterocycles. The average Bonchev–Trinajstić information content (AvgIpc) is 3.36. The summed E-state index contributed by atoms with van der Waals surface area (Å²) < 4.78 is 17.4. The highest BCUT2D eigenvalue weighted by molar-refractivity contribution is 7.80. The highest BCUT2D eigenvalue weighted by Crippen LogP contribution is 2.20. The van der Waals surface area contributed by atoms with Crippen molar-refractivity contribution in [2.75, 3.05) is 10.6 Å². The first-order valence-corrected chi connectivity index (χ1v) is 10.4. The van der Waals surface area contributed by atoms with E-state index in [0.717, 1.165) is 5.69 Å². The van der Waals surface area contributed by atoms with Crippen LogP contribution in [-0.4, -0.2) is 24.7 Å². The first kappa shape index (κ1) is 21.0. The van der Waals surface area contributed by atoms with Crippen molar-refractivity contribution in [3.8, 4) is 0 Å². The Labute approximate surface area is 189 Å². The van der Waals surface area contributed by atoms with E-state index in [4.69, 9.17) is 23.8 Å². The van der Waals surface area contributed by atoms with Gasteiger partial charge in [-0.15, -0.1) is 0 Å². The highest BCUT2D eigenvalue weighted by atomic mass is 35.5. The van der Waals surface area contributed by atoms with E-state index in [9.17, 15) is 4.39 Å². The van der Waals surface area contributed by atoms with Gasteiger partial charge in [0.15, 0.2) is 5.11 Å². The van der Waals surface area contributed by atoms with Gasteiger partial charge >= 0.3 is 0 Å². The molecule has 6 nitrogen and oxygen atoms in total. The molecule has 0 saturated heterocycles. The zero-order valence-electron chi connectivity index (χ0n) is 16.7. The van der Waals surface area contributed by atoms with Crippen molar-refractivity contribution >= 4 is 40.3 Å². The van der Waals surface area contributed by atoms with Crippen LogP contribution in [0.3, 0.4) is 0 Å². The van der Waals surface area contributed by atoms with E-state index in [-0.39, 0.29) is 12.4 Å². The van der Waals surface area contributed by atoms with Gasteiger partial charge in [0.25, 0.3) is 0 Å². The minimum Gasteiger partial charge on any atom is -0.330 e. The second kappa shape index (κ2) is 9.28. The summed E-state index contributed by atoms with van der Waals surface area (Å²) in [5.74, 6) is -0.364. The van der Waals surface area contributed by atoms with Crippen LogP contribution in [0.5, 0.6) is 0 Å². The predicted molar refractivity (Wildman–Crippen MR) is 125 cm³/mol. The summed E-state index contributed by atoms with van der Waals surface area (Å²) in [4.78, 5) is 0. The van der Waals surface area contributed by atoms with Crippen LogP contribution < -0.4 is 10.6 Å². The zero-order chi connectivity index (χ0) is 21.8. The van der Waals surface area contributed by atoms with Gasteiger partial charge < -0.3 is 10.6 Å². The molecule has 0 bridgehead atoms. The van der Waals surface area contributed by atoms with E-state index >= 15 is 0 Å². The Morgan fingerprint density at radius 1 is 0.968 bits per heavy atom. The number of anilines is 2. The van der Waals surface area contributed by atoms with Crippen LogP contribution in [0, 0.1) is 12.7 Å². The molecule has 9 heteroatoms. The minimum absolute atomic E-state index is 0.221. The second-order valence-corrected chi connectivity index (χ2v) is 7.87. The number of halogens is 2. The molecular formula is C22H20ClFN6S. The van der Waals surface area contributed by atoms with Gasteiger partial charge in [-0.2, -0.15) is 10.2 Å². The van der Waals surface area contributed by atoms with E-state index in [1.54, 1.807) is 35.4 Å². The lowest BCUT2D eigenvalue weighted by molar-refractivity contribution is 0.585. The lowest BCUT2D eigenvalue weighted by Gasteiger charge is -2.07. The molecule has 0 fully saturated rings. The predicted octanol–water partition coefficient (Wildman–Crippen LogP) is 5.09. The lowest BCUT2D eigenvalue weighted by Crippen LogP contribution is -2.18. The van der Waals surface area contributed by atoms with Gasteiger partial charge in [-0.3, -0.25) is 9.36 Å². The molecule has 4 rings (SSSR count). The van der Waals surface area contributed by atoms with Gasteiger partial charge in [-0.1, -0.05) is 41.9 Å². The fraction of sp³-hybridized carbons (Fsp3) is 0.136. The molecular weight excluding hydrogens is 435 g/mol. The third kappa shape index (κ3) is 5.28. The topological polar surface area (TPSA) is 59.7 Å². The Balaban J connectivity index is 1.35. The zero-order valence-corrected chi connectivity index (χ0v) is 18.3. The smallest absolute Gasteiger partial charge is 0.175 e. The SMILES string of the molecule is Cc1ccccc1Cn1cc(NC(=S)Nc2cnn(Cc3c(F)cccc3Cl)c2)cn1. The van der Waals surface area contributed by atoms with Gasteiger partial charge in [0.2, 0.25) is 0 Å². The van der Waals surface area contributed by atoms with E-state index in [1.807, 2.05) is 23.0 Å². The number of aryl methyl sites for hydroxylation is 1. The van der Waals surface area contributed by atoms with E-state index in [2.05, 4.69) is 39.9 Å². The molecule has 2 aromatic carbocycles. The van der Waals surface area contributed by atoms with Crippen LogP contribution >= 0.6 is 23.8 Å². The Kier molecular flexibility index (Phi) is 6.29. The summed E-state index contributed by atoms with van der Waals surface area (Å²) in [5.41, 5.74) is 4.27. The van der Waals surface area contributed by atoms with Crippen LogP contribution in [0.15, 0.2) is 67.3 Å². The summed E-state index contributed by atoms with van der Waals surface area (Å²) in [5, 5.41) is 15.6. The Bertz CT molecular complexity index is 1200. The fourth-order valence-corrected chi connectivity index (χ4v) is 3.59. The Morgan fingerprint density at radius 2 is 1.61 bits per heavy atom. The van der Waals surface area contributed by atoms with Gasteiger partial charge in [0.1, 0.15) is 5.82 Å². The van der Waals surface area contributed by atoms with Crippen LogP contribution in [0.1, 0.15) is 16.7 Å². The maximum Gasteiger partial charge on any atom is 0.175 e. The Hall–Kier alpha value is -3.23. The molecule has 158 valence electrons. The van der Waals surface area contributed by atoms with Crippen LogP contribution in [-0.2, 0) is 13.1 Å². The largest absolute Gasteiger partial charge is 0.330 e. The maximum atomic E-state index is 14.0. The van der Waals surface area contributed by atoms with Crippen molar-refractivity contribution in [2.45, 2.75) is 20.0 Å². The van der Waals surface area contributed by atoms with E-state index in [0.29, 0.717) is 27.9 Å². The Morgan fingerprint density at radius 3 is 2.26 bits per heavy atom. The quantitative estimate of drug-likeness (QED) is 0.397. The third-order valence-electron chi connectivity index (χ3n) is 4.76. The second-order valence-electron chi connectivity index (χ2n) is 7.06. The lowest BCUT2D eigenvalue weighted by atomic mass is 10.1.